The van der Waals surface area contributed by atoms with Crippen molar-refractivity contribution in [1.82, 2.24) is 5.32 Å². The SMILES string of the molecule is Cc1cc(Br)ccc1N1CC(C)(C)CNC(C)C1=O. The zero-order valence-corrected chi connectivity index (χ0v) is 13.5. The Morgan fingerprint density at radius 3 is 2.74 bits per heavy atom. The van der Waals surface area contributed by atoms with Gasteiger partial charge in [0.2, 0.25) is 5.91 Å². The van der Waals surface area contributed by atoms with Crippen LogP contribution in [0, 0.1) is 12.3 Å². The molecule has 1 amide bonds. The standard InChI is InChI=1S/C15H21BrN2O/c1-10-7-12(16)5-6-13(10)18-9-15(3,4)8-17-11(2)14(18)19/h5-7,11,17H,8-9H2,1-4H3. The Morgan fingerprint density at radius 1 is 1.42 bits per heavy atom. The smallest absolute Gasteiger partial charge is 0.243 e. The van der Waals surface area contributed by atoms with E-state index in [4.69, 9.17) is 0 Å². The van der Waals surface area contributed by atoms with Crippen molar-refractivity contribution in [1.29, 1.82) is 0 Å². The summed E-state index contributed by atoms with van der Waals surface area (Å²) in [4.78, 5) is 14.4. The first-order valence-electron chi connectivity index (χ1n) is 6.61. The van der Waals surface area contributed by atoms with E-state index < -0.39 is 0 Å². The van der Waals surface area contributed by atoms with E-state index >= 15 is 0 Å². The zero-order valence-electron chi connectivity index (χ0n) is 12.0. The summed E-state index contributed by atoms with van der Waals surface area (Å²) < 4.78 is 1.04. The van der Waals surface area contributed by atoms with Crippen LogP contribution in [-0.2, 0) is 4.79 Å². The molecule has 0 spiro atoms. The Morgan fingerprint density at radius 2 is 2.11 bits per heavy atom. The van der Waals surface area contributed by atoms with Gasteiger partial charge in [-0.25, -0.2) is 0 Å². The minimum Gasteiger partial charge on any atom is -0.310 e. The molecule has 0 bridgehead atoms. The highest BCUT2D eigenvalue weighted by Gasteiger charge is 2.33. The van der Waals surface area contributed by atoms with Crippen LogP contribution in [0.4, 0.5) is 5.69 Å². The maximum absolute atomic E-state index is 12.5. The number of halogens is 1. The molecule has 0 saturated carbocycles. The van der Waals surface area contributed by atoms with E-state index in [9.17, 15) is 4.79 Å². The van der Waals surface area contributed by atoms with Gasteiger partial charge in [0.1, 0.15) is 0 Å². The second kappa shape index (κ2) is 5.25. The number of amides is 1. The number of carbonyl (C=O) groups excluding carboxylic acids is 1. The van der Waals surface area contributed by atoms with Gasteiger partial charge in [-0.05, 0) is 43.0 Å². The second-order valence-electron chi connectivity index (χ2n) is 6.12. The van der Waals surface area contributed by atoms with Gasteiger partial charge in [-0.15, -0.1) is 0 Å². The molecular weight excluding hydrogens is 304 g/mol. The van der Waals surface area contributed by atoms with Gasteiger partial charge in [-0.3, -0.25) is 4.79 Å². The summed E-state index contributed by atoms with van der Waals surface area (Å²) in [6.45, 7) is 9.95. The fraction of sp³-hybridized carbons (Fsp3) is 0.533. The first-order chi connectivity index (χ1) is 8.80. The van der Waals surface area contributed by atoms with Crippen LogP contribution >= 0.6 is 15.9 Å². The number of nitrogens with one attached hydrogen (secondary N) is 1. The number of rotatable bonds is 1. The Bertz CT molecular complexity index is 499. The summed E-state index contributed by atoms with van der Waals surface area (Å²) >= 11 is 3.47. The van der Waals surface area contributed by atoms with E-state index in [0.29, 0.717) is 0 Å². The molecule has 0 aliphatic carbocycles. The molecule has 1 heterocycles. The zero-order chi connectivity index (χ0) is 14.2. The average Bonchev–Trinajstić information content (AvgIpc) is 2.41. The lowest BCUT2D eigenvalue weighted by Crippen LogP contribution is -2.42. The lowest BCUT2D eigenvalue weighted by atomic mass is 9.93. The Hall–Kier alpha value is -0.870. The summed E-state index contributed by atoms with van der Waals surface area (Å²) in [6, 6.07) is 5.93. The average molecular weight is 325 g/mol. The van der Waals surface area contributed by atoms with Gasteiger partial charge in [-0.2, -0.15) is 0 Å². The lowest BCUT2D eigenvalue weighted by Gasteiger charge is -2.30. The van der Waals surface area contributed by atoms with Gasteiger partial charge in [0.05, 0.1) is 6.04 Å². The molecule has 0 aromatic heterocycles. The van der Waals surface area contributed by atoms with Gasteiger partial charge in [0.25, 0.3) is 0 Å². The maximum Gasteiger partial charge on any atom is 0.243 e. The topological polar surface area (TPSA) is 32.3 Å². The normalized spacial score (nSPS) is 23.3. The third-order valence-corrected chi connectivity index (χ3v) is 4.05. The molecule has 1 atom stereocenters. The molecule has 1 aliphatic rings. The van der Waals surface area contributed by atoms with E-state index in [1.807, 2.05) is 30.9 Å². The van der Waals surface area contributed by atoms with Gasteiger partial charge in [0, 0.05) is 23.2 Å². The first kappa shape index (κ1) is 14.5. The van der Waals surface area contributed by atoms with Crippen molar-refractivity contribution >= 4 is 27.5 Å². The number of anilines is 1. The van der Waals surface area contributed by atoms with Crippen LogP contribution in [0.2, 0.25) is 0 Å². The van der Waals surface area contributed by atoms with E-state index in [-0.39, 0.29) is 17.4 Å². The Balaban J connectivity index is 2.41. The number of carbonyl (C=O) groups is 1. The molecule has 104 valence electrons. The molecule has 1 unspecified atom stereocenters. The van der Waals surface area contributed by atoms with Crippen LogP contribution in [0.3, 0.4) is 0 Å². The van der Waals surface area contributed by atoms with Crippen LogP contribution in [-0.4, -0.2) is 25.0 Å². The van der Waals surface area contributed by atoms with Crippen LogP contribution in [0.5, 0.6) is 0 Å². The molecule has 2 rings (SSSR count). The molecular formula is C15H21BrN2O. The van der Waals surface area contributed by atoms with E-state index in [2.05, 4.69) is 41.2 Å². The van der Waals surface area contributed by atoms with Crippen molar-refractivity contribution in [2.45, 2.75) is 33.7 Å². The quantitative estimate of drug-likeness (QED) is 0.860. The number of nitrogens with zero attached hydrogens (tertiary/aromatic N) is 1. The maximum atomic E-state index is 12.5. The van der Waals surface area contributed by atoms with Crippen molar-refractivity contribution in [2.75, 3.05) is 18.0 Å². The van der Waals surface area contributed by atoms with Crippen LogP contribution in [0.1, 0.15) is 26.3 Å². The molecule has 1 aliphatic heterocycles. The van der Waals surface area contributed by atoms with Crippen LogP contribution < -0.4 is 10.2 Å². The molecule has 1 fully saturated rings. The first-order valence-corrected chi connectivity index (χ1v) is 7.40. The van der Waals surface area contributed by atoms with Crippen molar-refractivity contribution in [2.24, 2.45) is 5.41 Å². The van der Waals surface area contributed by atoms with Gasteiger partial charge < -0.3 is 10.2 Å². The molecule has 19 heavy (non-hydrogen) atoms. The summed E-state index contributed by atoms with van der Waals surface area (Å²) in [6.07, 6.45) is 0. The predicted molar refractivity (Wildman–Crippen MR) is 82.5 cm³/mol. The van der Waals surface area contributed by atoms with Crippen LogP contribution in [0.25, 0.3) is 0 Å². The van der Waals surface area contributed by atoms with Crippen molar-refractivity contribution < 1.29 is 4.79 Å². The number of aryl methyl sites for hydroxylation is 1. The van der Waals surface area contributed by atoms with E-state index in [0.717, 1.165) is 28.8 Å². The summed E-state index contributed by atoms with van der Waals surface area (Å²) in [7, 11) is 0. The highest BCUT2D eigenvalue weighted by Crippen LogP contribution is 2.29. The number of hydrogen-bond donors (Lipinski definition) is 1. The second-order valence-corrected chi connectivity index (χ2v) is 7.04. The predicted octanol–water partition coefficient (Wildman–Crippen LogP) is 3.11. The lowest BCUT2D eigenvalue weighted by molar-refractivity contribution is -0.119. The molecule has 1 aromatic rings. The molecule has 0 radical (unpaired) electrons. The number of hydrogen-bond acceptors (Lipinski definition) is 2. The third kappa shape index (κ3) is 3.18. The van der Waals surface area contributed by atoms with E-state index in [1.54, 1.807) is 0 Å². The molecule has 3 nitrogen and oxygen atoms in total. The van der Waals surface area contributed by atoms with Crippen molar-refractivity contribution in [3.8, 4) is 0 Å². The fourth-order valence-corrected chi connectivity index (χ4v) is 2.91. The van der Waals surface area contributed by atoms with Crippen molar-refractivity contribution in [3.63, 3.8) is 0 Å². The van der Waals surface area contributed by atoms with Gasteiger partial charge in [0.15, 0.2) is 0 Å². The van der Waals surface area contributed by atoms with Crippen LogP contribution in [0.15, 0.2) is 22.7 Å². The van der Waals surface area contributed by atoms with Crippen molar-refractivity contribution in [3.05, 3.63) is 28.2 Å². The van der Waals surface area contributed by atoms with Gasteiger partial charge >= 0.3 is 0 Å². The minimum atomic E-state index is -0.134. The molecule has 1 N–H and O–H groups in total. The molecule has 1 saturated heterocycles. The summed E-state index contributed by atoms with van der Waals surface area (Å²) in [5, 5.41) is 3.31. The highest BCUT2D eigenvalue weighted by atomic mass is 79.9. The third-order valence-electron chi connectivity index (χ3n) is 3.56. The highest BCUT2D eigenvalue weighted by molar-refractivity contribution is 9.10. The number of benzene rings is 1. The summed E-state index contributed by atoms with van der Waals surface area (Å²) in [5.74, 6) is 0.149. The minimum absolute atomic E-state index is 0.0694. The monoisotopic (exact) mass is 324 g/mol. The summed E-state index contributed by atoms with van der Waals surface area (Å²) in [5.41, 5.74) is 2.20. The van der Waals surface area contributed by atoms with E-state index in [1.165, 1.54) is 0 Å². The van der Waals surface area contributed by atoms with Gasteiger partial charge in [-0.1, -0.05) is 29.8 Å². The largest absolute Gasteiger partial charge is 0.310 e. The Kier molecular flexibility index (Phi) is 4.02. The molecule has 4 heteroatoms. The molecule has 1 aromatic carbocycles. The Labute approximate surface area is 123 Å². The fourth-order valence-electron chi connectivity index (χ4n) is 2.44.